The lowest BCUT2D eigenvalue weighted by atomic mass is 10.3. The van der Waals surface area contributed by atoms with Crippen LogP contribution < -0.4 is 5.32 Å². The summed E-state index contributed by atoms with van der Waals surface area (Å²) in [5.41, 5.74) is 2.26. The zero-order valence-corrected chi connectivity index (χ0v) is 16.5. The Hall–Kier alpha value is -1.40. The second-order valence-electron chi connectivity index (χ2n) is 5.44. The summed E-state index contributed by atoms with van der Waals surface area (Å²) >= 11 is 19.5. The molecule has 0 spiro atoms. The number of aryl methyl sites for hydroxylation is 1. The SMILES string of the molecule is CC(Sc1nc2ccccc2n1C)C(=O)Nc1c(Cl)cc(Cl)cc1Cl. The first-order chi connectivity index (χ1) is 11.9. The van der Waals surface area contributed by atoms with Crippen molar-refractivity contribution < 1.29 is 4.79 Å². The van der Waals surface area contributed by atoms with Crippen LogP contribution in [0.5, 0.6) is 0 Å². The number of carbonyl (C=O) groups is 1. The predicted molar refractivity (Wildman–Crippen MR) is 106 cm³/mol. The van der Waals surface area contributed by atoms with Crippen LogP contribution in [-0.4, -0.2) is 20.7 Å². The Kier molecular flexibility index (Phi) is 5.49. The molecule has 1 atom stereocenters. The first kappa shape index (κ1) is 18.4. The van der Waals surface area contributed by atoms with Gasteiger partial charge in [-0.25, -0.2) is 4.98 Å². The number of imidazole rings is 1. The zero-order chi connectivity index (χ0) is 18.1. The average Bonchev–Trinajstić information content (AvgIpc) is 2.87. The fraction of sp³-hybridized carbons (Fsp3) is 0.176. The van der Waals surface area contributed by atoms with Crippen molar-refractivity contribution in [2.75, 3.05) is 5.32 Å². The maximum Gasteiger partial charge on any atom is 0.237 e. The van der Waals surface area contributed by atoms with Crippen molar-refractivity contribution in [1.29, 1.82) is 0 Å². The van der Waals surface area contributed by atoms with E-state index in [-0.39, 0.29) is 5.91 Å². The number of nitrogens with one attached hydrogen (secondary N) is 1. The van der Waals surface area contributed by atoms with Crippen molar-refractivity contribution in [2.24, 2.45) is 7.05 Å². The molecule has 1 aromatic heterocycles. The number of carbonyl (C=O) groups excluding carboxylic acids is 1. The molecule has 2 aromatic carbocycles. The number of nitrogens with zero attached hydrogens (tertiary/aromatic N) is 2. The minimum atomic E-state index is -0.390. The Morgan fingerprint density at radius 1 is 1.20 bits per heavy atom. The van der Waals surface area contributed by atoms with Gasteiger partial charge >= 0.3 is 0 Å². The van der Waals surface area contributed by atoms with Crippen LogP contribution in [0.2, 0.25) is 15.1 Å². The van der Waals surface area contributed by atoms with Gasteiger partial charge in [0.25, 0.3) is 0 Å². The number of para-hydroxylation sites is 2. The van der Waals surface area contributed by atoms with Gasteiger partial charge < -0.3 is 9.88 Å². The highest BCUT2D eigenvalue weighted by atomic mass is 35.5. The third-order valence-corrected chi connectivity index (χ3v) is 5.61. The second-order valence-corrected chi connectivity index (χ2v) is 7.99. The van der Waals surface area contributed by atoms with E-state index in [0.29, 0.717) is 20.8 Å². The molecule has 1 heterocycles. The van der Waals surface area contributed by atoms with Gasteiger partial charge in [-0.1, -0.05) is 58.7 Å². The van der Waals surface area contributed by atoms with Crippen molar-refractivity contribution in [2.45, 2.75) is 17.3 Å². The summed E-state index contributed by atoms with van der Waals surface area (Å²) in [6.45, 7) is 1.80. The van der Waals surface area contributed by atoms with Gasteiger partial charge in [0.05, 0.1) is 32.0 Å². The van der Waals surface area contributed by atoms with Crippen LogP contribution in [-0.2, 0) is 11.8 Å². The van der Waals surface area contributed by atoms with Gasteiger partial charge in [-0.05, 0) is 31.2 Å². The molecule has 0 saturated carbocycles. The molecule has 8 heteroatoms. The Labute approximate surface area is 164 Å². The molecule has 130 valence electrons. The summed E-state index contributed by atoms with van der Waals surface area (Å²) in [6.07, 6.45) is 0. The number of hydrogen-bond acceptors (Lipinski definition) is 3. The molecule has 4 nitrogen and oxygen atoms in total. The lowest BCUT2D eigenvalue weighted by Crippen LogP contribution is -2.23. The summed E-state index contributed by atoms with van der Waals surface area (Å²) in [6, 6.07) is 10.9. The minimum Gasteiger partial charge on any atom is -0.323 e. The number of benzene rings is 2. The molecule has 0 aliphatic carbocycles. The van der Waals surface area contributed by atoms with E-state index >= 15 is 0 Å². The molecule has 0 aliphatic heterocycles. The quantitative estimate of drug-likeness (QED) is 0.561. The van der Waals surface area contributed by atoms with Gasteiger partial charge in [-0.2, -0.15) is 0 Å². The number of halogens is 3. The van der Waals surface area contributed by atoms with Gasteiger partial charge in [-0.15, -0.1) is 0 Å². The summed E-state index contributed by atoms with van der Waals surface area (Å²) in [5.74, 6) is -0.219. The van der Waals surface area contributed by atoms with Crippen molar-refractivity contribution in [3.63, 3.8) is 0 Å². The monoisotopic (exact) mass is 413 g/mol. The summed E-state index contributed by atoms with van der Waals surface area (Å²) in [4.78, 5) is 17.1. The molecule has 0 aliphatic rings. The summed E-state index contributed by atoms with van der Waals surface area (Å²) < 4.78 is 1.96. The van der Waals surface area contributed by atoms with Crippen molar-refractivity contribution in [3.05, 3.63) is 51.5 Å². The highest BCUT2D eigenvalue weighted by molar-refractivity contribution is 8.00. The molecule has 0 bridgehead atoms. The van der Waals surface area contributed by atoms with Crippen LogP contribution in [0, 0.1) is 0 Å². The number of rotatable bonds is 4. The Morgan fingerprint density at radius 2 is 1.84 bits per heavy atom. The van der Waals surface area contributed by atoms with Crippen LogP contribution in [0.4, 0.5) is 5.69 Å². The van der Waals surface area contributed by atoms with Gasteiger partial charge in [0, 0.05) is 12.1 Å². The zero-order valence-electron chi connectivity index (χ0n) is 13.4. The standard InChI is InChI=1S/C17H14Cl3N3OS/c1-9(16(24)22-15-11(19)7-10(18)8-12(15)20)25-17-21-13-5-3-4-6-14(13)23(17)2/h3-9H,1-2H3,(H,22,24). The molecule has 0 fully saturated rings. The topological polar surface area (TPSA) is 46.9 Å². The number of fused-ring (bicyclic) bond motifs is 1. The molecule has 3 rings (SSSR count). The summed E-state index contributed by atoms with van der Waals surface area (Å²) in [5, 5.41) is 4.14. The first-order valence-electron chi connectivity index (χ1n) is 7.40. The maximum atomic E-state index is 12.5. The molecule has 1 unspecified atom stereocenters. The average molecular weight is 415 g/mol. The van der Waals surface area contributed by atoms with E-state index in [1.165, 1.54) is 23.9 Å². The Morgan fingerprint density at radius 3 is 2.48 bits per heavy atom. The lowest BCUT2D eigenvalue weighted by molar-refractivity contribution is -0.115. The molecular formula is C17H14Cl3N3OS. The van der Waals surface area contributed by atoms with Crippen molar-refractivity contribution in [1.82, 2.24) is 9.55 Å². The van der Waals surface area contributed by atoms with Crippen LogP contribution >= 0.6 is 46.6 Å². The van der Waals surface area contributed by atoms with Gasteiger partial charge in [0.2, 0.25) is 5.91 Å². The largest absolute Gasteiger partial charge is 0.323 e. The third kappa shape index (κ3) is 3.90. The smallest absolute Gasteiger partial charge is 0.237 e. The number of amides is 1. The second kappa shape index (κ2) is 7.46. The molecule has 0 radical (unpaired) electrons. The van der Waals surface area contributed by atoms with E-state index in [4.69, 9.17) is 34.8 Å². The van der Waals surface area contributed by atoms with Crippen molar-refractivity contribution >= 4 is 69.2 Å². The Bertz CT molecular complexity index is 934. The van der Waals surface area contributed by atoms with Crippen LogP contribution in [0.25, 0.3) is 11.0 Å². The first-order valence-corrected chi connectivity index (χ1v) is 9.41. The number of anilines is 1. The summed E-state index contributed by atoms with van der Waals surface area (Å²) in [7, 11) is 1.93. The molecule has 1 N–H and O–H groups in total. The molecule has 0 saturated heterocycles. The van der Waals surface area contributed by atoms with Crippen LogP contribution in [0.1, 0.15) is 6.92 Å². The van der Waals surface area contributed by atoms with Gasteiger partial charge in [0.15, 0.2) is 5.16 Å². The number of thioether (sulfide) groups is 1. The van der Waals surface area contributed by atoms with E-state index in [2.05, 4.69) is 10.3 Å². The van der Waals surface area contributed by atoms with Crippen LogP contribution in [0.3, 0.4) is 0 Å². The number of aromatic nitrogens is 2. The Balaban J connectivity index is 1.78. The van der Waals surface area contributed by atoms with E-state index in [0.717, 1.165) is 16.2 Å². The maximum absolute atomic E-state index is 12.5. The van der Waals surface area contributed by atoms with E-state index in [1.54, 1.807) is 6.92 Å². The highest BCUT2D eigenvalue weighted by Gasteiger charge is 2.20. The van der Waals surface area contributed by atoms with E-state index in [1.807, 2.05) is 35.9 Å². The normalized spacial score (nSPS) is 12.4. The van der Waals surface area contributed by atoms with E-state index in [9.17, 15) is 4.79 Å². The molecule has 3 aromatic rings. The predicted octanol–water partition coefficient (Wildman–Crippen LogP) is 5.65. The lowest BCUT2D eigenvalue weighted by Gasteiger charge is -2.14. The number of hydrogen-bond donors (Lipinski definition) is 1. The van der Waals surface area contributed by atoms with Gasteiger partial charge in [-0.3, -0.25) is 4.79 Å². The van der Waals surface area contributed by atoms with E-state index < -0.39 is 5.25 Å². The fourth-order valence-electron chi connectivity index (χ4n) is 2.33. The van der Waals surface area contributed by atoms with Crippen molar-refractivity contribution in [3.8, 4) is 0 Å². The molecular weight excluding hydrogens is 401 g/mol. The molecule has 1 amide bonds. The molecule has 25 heavy (non-hydrogen) atoms. The van der Waals surface area contributed by atoms with Gasteiger partial charge in [0.1, 0.15) is 0 Å². The minimum absolute atomic E-state index is 0.219. The third-order valence-electron chi connectivity index (χ3n) is 3.65. The van der Waals surface area contributed by atoms with Crippen LogP contribution in [0.15, 0.2) is 41.6 Å². The highest BCUT2D eigenvalue weighted by Crippen LogP contribution is 2.34. The fourth-order valence-corrected chi connectivity index (χ4v) is 4.13.